The molecule has 1 saturated carbocycles. The first kappa shape index (κ1) is 29.0. The molecule has 2 aromatic heterocycles. The number of carboxylic acids is 1. The van der Waals surface area contributed by atoms with Crippen LogP contribution in [0.25, 0.3) is 10.9 Å². The van der Waals surface area contributed by atoms with Gasteiger partial charge in [0, 0.05) is 27.9 Å². The van der Waals surface area contributed by atoms with Crippen LogP contribution in [0.3, 0.4) is 0 Å². The van der Waals surface area contributed by atoms with Crippen molar-refractivity contribution in [3.8, 4) is 11.5 Å². The van der Waals surface area contributed by atoms with Crippen molar-refractivity contribution < 1.29 is 24.2 Å². The Kier molecular flexibility index (Phi) is 8.85. The zero-order valence-electron chi connectivity index (χ0n) is 23.4. The molecule has 0 bridgehead atoms. The van der Waals surface area contributed by atoms with Gasteiger partial charge in [0.15, 0.2) is 5.13 Å². The second kappa shape index (κ2) is 12.5. The van der Waals surface area contributed by atoms with Crippen molar-refractivity contribution in [2.45, 2.75) is 57.9 Å². The summed E-state index contributed by atoms with van der Waals surface area (Å²) in [5.41, 5.74) is 4.17. The Labute approximate surface area is 248 Å². The number of methoxy groups -OCH3 is 2. The van der Waals surface area contributed by atoms with Crippen LogP contribution < -0.4 is 14.8 Å². The van der Waals surface area contributed by atoms with Gasteiger partial charge in [-0.15, -0.1) is 11.3 Å². The third-order valence-electron chi connectivity index (χ3n) is 7.95. The Morgan fingerprint density at radius 2 is 1.85 bits per heavy atom. The molecule has 41 heavy (non-hydrogen) atoms. The van der Waals surface area contributed by atoms with Gasteiger partial charge in [0.2, 0.25) is 0 Å². The quantitative estimate of drug-likeness (QED) is 0.199. The summed E-state index contributed by atoms with van der Waals surface area (Å²) in [6.07, 6.45) is 6.29. The summed E-state index contributed by atoms with van der Waals surface area (Å²) in [6.45, 7) is 1.67. The largest absolute Gasteiger partial charge is 0.496 e. The van der Waals surface area contributed by atoms with Gasteiger partial charge in [-0.1, -0.05) is 23.2 Å². The van der Waals surface area contributed by atoms with E-state index in [1.54, 1.807) is 20.3 Å². The molecule has 1 aliphatic rings. The molecule has 4 aromatic rings. The summed E-state index contributed by atoms with van der Waals surface area (Å²) in [6, 6.07) is 11.3. The molecule has 216 valence electrons. The molecule has 0 aliphatic heterocycles. The molecule has 1 fully saturated rings. The number of thiazole rings is 1. The average molecular weight is 596 g/mol. The van der Waals surface area contributed by atoms with Crippen LogP contribution in [0.1, 0.15) is 65.3 Å². The van der Waals surface area contributed by atoms with Crippen molar-refractivity contribution in [1.29, 1.82) is 0 Å². The van der Waals surface area contributed by atoms with Gasteiger partial charge in [0.05, 0.1) is 24.9 Å². The summed E-state index contributed by atoms with van der Waals surface area (Å²) in [4.78, 5) is 29.3. The van der Waals surface area contributed by atoms with Crippen LogP contribution in [-0.2, 0) is 17.8 Å². The molecule has 0 radical (unpaired) electrons. The van der Waals surface area contributed by atoms with Gasteiger partial charge in [0.25, 0.3) is 5.91 Å². The van der Waals surface area contributed by atoms with Gasteiger partial charge >= 0.3 is 5.97 Å². The van der Waals surface area contributed by atoms with Crippen LogP contribution in [0, 0.1) is 12.8 Å². The molecule has 1 aliphatic carbocycles. The number of halogens is 1. The number of aliphatic carboxylic acids is 1. The Morgan fingerprint density at radius 3 is 2.56 bits per heavy atom. The highest BCUT2D eigenvalue weighted by molar-refractivity contribution is 7.14. The number of amides is 1. The van der Waals surface area contributed by atoms with E-state index in [2.05, 4.69) is 10.3 Å². The van der Waals surface area contributed by atoms with Gasteiger partial charge in [-0.25, -0.2) is 4.98 Å². The highest BCUT2D eigenvalue weighted by Crippen LogP contribution is 2.44. The summed E-state index contributed by atoms with van der Waals surface area (Å²) < 4.78 is 12.6. The molecule has 2 N–H and O–H groups in total. The van der Waals surface area contributed by atoms with E-state index in [9.17, 15) is 14.7 Å². The number of fused-ring (bicyclic) bond motifs is 1. The van der Waals surface area contributed by atoms with Crippen LogP contribution in [0.15, 0.2) is 41.8 Å². The Morgan fingerprint density at radius 1 is 1.10 bits per heavy atom. The lowest BCUT2D eigenvalue weighted by Crippen LogP contribution is -2.19. The smallest absolute Gasteiger partial charge is 0.323 e. The molecule has 8 nitrogen and oxygen atoms in total. The Balaban J connectivity index is 1.18. The van der Waals surface area contributed by atoms with Crippen molar-refractivity contribution in [2.75, 3.05) is 19.5 Å². The van der Waals surface area contributed by atoms with Crippen molar-refractivity contribution in [2.24, 2.45) is 5.92 Å². The first-order valence-corrected chi connectivity index (χ1v) is 15.0. The summed E-state index contributed by atoms with van der Waals surface area (Å²) in [7, 11) is 3.30. The van der Waals surface area contributed by atoms with E-state index in [-0.39, 0.29) is 12.5 Å². The van der Waals surface area contributed by atoms with E-state index in [4.69, 9.17) is 21.1 Å². The van der Waals surface area contributed by atoms with E-state index in [0.717, 1.165) is 66.5 Å². The Hall–Kier alpha value is -3.56. The number of anilines is 1. The topological polar surface area (TPSA) is 103 Å². The molecular formula is C31H34ClN3O5S. The van der Waals surface area contributed by atoms with Gasteiger partial charge in [-0.2, -0.15) is 0 Å². The molecule has 1 amide bonds. The fourth-order valence-corrected chi connectivity index (χ4v) is 6.81. The van der Waals surface area contributed by atoms with E-state index in [0.29, 0.717) is 39.0 Å². The third kappa shape index (κ3) is 6.52. The SMILES string of the molecule is COc1cc(C2CCC(CCc3csc(NC(=O)c4cc5cc(C)ccc5n4CC(=O)O)n3)CC2)c(OC)cc1Cl. The van der Waals surface area contributed by atoms with Crippen molar-refractivity contribution in [3.05, 3.63) is 69.3 Å². The van der Waals surface area contributed by atoms with Crippen LogP contribution in [0.2, 0.25) is 5.02 Å². The second-order valence-corrected chi connectivity index (χ2v) is 11.9. The fourth-order valence-electron chi connectivity index (χ4n) is 5.84. The summed E-state index contributed by atoms with van der Waals surface area (Å²) in [5, 5.41) is 16.2. The number of nitrogens with one attached hydrogen (secondary N) is 1. The van der Waals surface area contributed by atoms with Crippen LogP contribution >= 0.6 is 22.9 Å². The standard InChI is InChI=1S/C31H34ClN3O5S/c1-18-4-11-25-21(12-18)13-26(35(25)16-29(36)37)30(38)34-31-33-22(17-41-31)10-7-19-5-8-20(9-6-19)23-14-28(40-3)24(32)15-27(23)39-2/h4,11-15,17,19-20H,5-10,16H2,1-3H3,(H,36,37)(H,33,34,38). The number of carbonyl (C=O) groups is 2. The molecule has 2 aromatic carbocycles. The van der Waals surface area contributed by atoms with E-state index < -0.39 is 5.97 Å². The Bertz CT molecular complexity index is 1570. The van der Waals surface area contributed by atoms with Gasteiger partial charge in [-0.3, -0.25) is 14.9 Å². The molecular weight excluding hydrogens is 562 g/mol. The number of rotatable bonds is 10. The number of benzene rings is 2. The van der Waals surface area contributed by atoms with E-state index in [1.807, 2.05) is 42.6 Å². The van der Waals surface area contributed by atoms with Crippen molar-refractivity contribution >= 4 is 50.8 Å². The molecule has 0 spiro atoms. The van der Waals surface area contributed by atoms with Gasteiger partial charge in [0.1, 0.15) is 23.7 Å². The first-order chi connectivity index (χ1) is 19.7. The fraction of sp³-hybridized carbons (Fsp3) is 0.387. The van der Waals surface area contributed by atoms with Gasteiger partial charge < -0.3 is 19.1 Å². The maximum Gasteiger partial charge on any atom is 0.323 e. The minimum Gasteiger partial charge on any atom is -0.496 e. The predicted octanol–water partition coefficient (Wildman–Crippen LogP) is 7.32. The molecule has 0 unspecified atom stereocenters. The maximum absolute atomic E-state index is 13.2. The maximum atomic E-state index is 13.2. The zero-order valence-corrected chi connectivity index (χ0v) is 25.0. The van der Waals surface area contributed by atoms with Crippen molar-refractivity contribution in [1.82, 2.24) is 9.55 Å². The number of hydrogen-bond donors (Lipinski definition) is 2. The predicted molar refractivity (Wildman–Crippen MR) is 162 cm³/mol. The number of ether oxygens (including phenoxy) is 2. The number of carboxylic acid groups (broad SMARTS) is 1. The van der Waals surface area contributed by atoms with E-state index in [1.165, 1.54) is 15.9 Å². The number of aromatic nitrogens is 2. The highest BCUT2D eigenvalue weighted by atomic mass is 35.5. The van der Waals surface area contributed by atoms with Crippen LogP contribution in [0.4, 0.5) is 5.13 Å². The van der Waals surface area contributed by atoms with Crippen LogP contribution in [0.5, 0.6) is 11.5 Å². The normalized spacial score (nSPS) is 17.0. The second-order valence-electron chi connectivity index (χ2n) is 10.7. The van der Waals surface area contributed by atoms with Crippen LogP contribution in [-0.4, -0.2) is 40.8 Å². The number of carbonyl (C=O) groups excluding carboxylic acids is 1. The number of hydrogen-bond acceptors (Lipinski definition) is 6. The average Bonchev–Trinajstić information content (AvgIpc) is 3.55. The molecule has 10 heteroatoms. The zero-order chi connectivity index (χ0) is 29.1. The number of nitrogens with zero attached hydrogens (tertiary/aromatic N) is 2. The number of aryl methyl sites for hydroxylation is 2. The first-order valence-electron chi connectivity index (χ1n) is 13.7. The minimum atomic E-state index is -1.00. The lowest BCUT2D eigenvalue weighted by molar-refractivity contribution is -0.137. The third-order valence-corrected chi connectivity index (χ3v) is 9.06. The van der Waals surface area contributed by atoms with E-state index >= 15 is 0 Å². The molecule has 0 atom stereocenters. The molecule has 2 heterocycles. The van der Waals surface area contributed by atoms with Gasteiger partial charge in [-0.05, 0) is 81.5 Å². The molecule has 0 saturated heterocycles. The lowest BCUT2D eigenvalue weighted by atomic mass is 9.77. The molecule has 5 rings (SSSR count). The highest BCUT2D eigenvalue weighted by Gasteiger charge is 2.26. The lowest BCUT2D eigenvalue weighted by Gasteiger charge is -2.30. The van der Waals surface area contributed by atoms with Crippen molar-refractivity contribution in [3.63, 3.8) is 0 Å². The minimum absolute atomic E-state index is 0.293. The summed E-state index contributed by atoms with van der Waals surface area (Å²) >= 11 is 7.68. The monoisotopic (exact) mass is 595 g/mol. The summed E-state index contributed by atoms with van der Waals surface area (Å²) in [5.74, 6) is 1.14.